The number of nitrogens with zero attached hydrogens (tertiary/aromatic N) is 2. The normalized spacial score (nSPS) is 14.4. The first-order chi connectivity index (χ1) is 19.6. The zero-order valence-electron chi connectivity index (χ0n) is 20.7. The van der Waals surface area contributed by atoms with Gasteiger partial charge in [0.1, 0.15) is 5.56 Å². The van der Waals surface area contributed by atoms with Crippen LogP contribution in [0.1, 0.15) is 17.3 Å². The van der Waals surface area contributed by atoms with Crippen LogP contribution in [0.5, 0.6) is 0 Å². The van der Waals surface area contributed by atoms with E-state index in [4.69, 9.17) is 0 Å². The van der Waals surface area contributed by atoms with Gasteiger partial charge in [-0.05, 0) is 19.1 Å². The first-order valence-electron chi connectivity index (χ1n) is 10.9. The molecular weight excluding hydrogens is 665 g/mol. The molecule has 6 nitrogen and oxygen atoms in total. The van der Waals surface area contributed by atoms with Crippen LogP contribution in [0.2, 0.25) is 0 Å². The summed E-state index contributed by atoms with van der Waals surface area (Å²) in [6.07, 6.45) is -7.47. The summed E-state index contributed by atoms with van der Waals surface area (Å²) in [5.41, 5.74) is -1.40. The Morgan fingerprint density at radius 2 is 1.14 bits per heavy atom. The molecule has 0 fully saturated rings. The van der Waals surface area contributed by atoms with Crippen molar-refractivity contribution in [3.05, 3.63) is 42.1 Å². The molecule has 23 heteroatoms. The molecule has 1 amide bonds. The number of hydrogen-bond acceptors (Lipinski definition) is 4. The second-order valence-electron chi connectivity index (χ2n) is 8.35. The zero-order valence-corrected chi connectivity index (χ0v) is 20.7. The molecule has 248 valence electrons. The van der Waals surface area contributed by atoms with Crippen LogP contribution in [0.15, 0.2) is 36.5 Å². The van der Waals surface area contributed by atoms with Gasteiger partial charge in [-0.2, -0.15) is 79.7 Å². The van der Waals surface area contributed by atoms with Crippen molar-refractivity contribution in [2.75, 3.05) is 11.9 Å². The number of anilines is 1. The third-order valence-electron chi connectivity index (χ3n) is 5.50. The molecule has 1 aromatic heterocycles. The van der Waals surface area contributed by atoms with E-state index in [9.17, 15) is 84.2 Å². The molecule has 0 saturated carbocycles. The Balaban J connectivity index is 2.65. The number of rotatable bonds is 11. The summed E-state index contributed by atoms with van der Waals surface area (Å²) in [5, 5.41) is 4.16. The van der Waals surface area contributed by atoms with E-state index in [0.29, 0.717) is 6.20 Å². The van der Waals surface area contributed by atoms with Crippen LogP contribution >= 0.6 is 0 Å². The van der Waals surface area contributed by atoms with Gasteiger partial charge in [0.2, 0.25) is 0 Å². The van der Waals surface area contributed by atoms with Crippen molar-refractivity contribution in [3.8, 4) is 5.69 Å². The van der Waals surface area contributed by atoms with E-state index in [1.807, 2.05) is 0 Å². The molecule has 1 N–H and O–H groups in total. The minimum Gasteiger partial charge on any atom is -0.462 e. The molecule has 0 unspecified atom stereocenters. The van der Waals surface area contributed by atoms with Crippen LogP contribution in [0.3, 0.4) is 0 Å². The molecule has 0 bridgehead atoms. The predicted octanol–water partition coefficient (Wildman–Crippen LogP) is 7.00. The topological polar surface area (TPSA) is 73.2 Å². The molecular formula is C21H12F17N3O3. The lowest BCUT2D eigenvalue weighted by Gasteiger charge is -2.42. The van der Waals surface area contributed by atoms with E-state index in [2.05, 4.69) is 9.84 Å². The number of nitrogens with one attached hydrogen (secondary N) is 1. The summed E-state index contributed by atoms with van der Waals surface area (Å²) in [4.78, 5) is 24.2. The molecule has 0 atom stereocenters. The van der Waals surface area contributed by atoms with Crippen molar-refractivity contribution < 1.29 is 89.0 Å². The molecule has 0 radical (unpaired) electrons. The van der Waals surface area contributed by atoms with Crippen LogP contribution in [0.25, 0.3) is 5.69 Å². The molecule has 2 rings (SSSR count). The third-order valence-corrected chi connectivity index (χ3v) is 5.50. The first kappa shape index (κ1) is 36.4. The highest BCUT2D eigenvalue weighted by molar-refractivity contribution is 6.03. The third kappa shape index (κ3) is 5.16. The van der Waals surface area contributed by atoms with Gasteiger partial charge >= 0.3 is 59.5 Å². The number of halogens is 17. The number of aromatic nitrogens is 2. The fourth-order valence-electron chi connectivity index (χ4n) is 3.08. The van der Waals surface area contributed by atoms with Gasteiger partial charge in [-0.25, -0.2) is 9.48 Å². The molecule has 0 aliphatic heterocycles. The number of esters is 1. The average molecular weight is 677 g/mol. The second-order valence-corrected chi connectivity index (χ2v) is 8.35. The number of amides is 1. The number of carbonyl (C=O) groups excluding carboxylic acids is 2. The maximum absolute atomic E-state index is 14.5. The maximum Gasteiger partial charge on any atom is 0.460 e. The highest BCUT2D eigenvalue weighted by Crippen LogP contribution is 2.64. The molecule has 0 aliphatic carbocycles. The smallest absolute Gasteiger partial charge is 0.460 e. The fourth-order valence-corrected chi connectivity index (χ4v) is 3.08. The monoisotopic (exact) mass is 677 g/mol. The van der Waals surface area contributed by atoms with E-state index in [1.54, 1.807) is 0 Å². The lowest BCUT2D eigenvalue weighted by Crippen LogP contribution is -2.75. The summed E-state index contributed by atoms with van der Waals surface area (Å²) in [6, 6.07) is 5.78. The van der Waals surface area contributed by atoms with Gasteiger partial charge < -0.3 is 10.1 Å². The van der Waals surface area contributed by atoms with Gasteiger partial charge in [0.05, 0.1) is 18.5 Å². The maximum atomic E-state index is 14.5. The zero-order chi connectivity index (χ0) is 34.5. The standard InChI is InChI=1S/C21H12F17N3O3/c1-2-44-12(42)10-8-39-41(9-6-4-3-5-7-9)11(10)40-13(43)14(22,23)15(24,25)16(26,27)17(28,29)18(30,31)19(32,33)20(34,35)21(36,37)38/h3-8H,2H2,1H3,(H,40,43). The van der Waals surface area contributed by atoms with Gasteiger partial charge in [-0.15, -0.1) is 0 Å². The summed E-state index contributed by atoms with van der Waals surface area (Å²) < 4.78 is 235. The first-order valence-corrected chi connectivity index (χ1v) is 10.9. The minimum absolute atomic E-state index is 0.277. The van der Waals surface area contributed by atoms with Crippen LogP contribution in [0, 0.1) is 0 Å². The summed E-state index contributed by atoms with van der Waals surface area (Å²) in [5.74, 6) is -65.9. The van der Waals surface area contributed by atoms with E-state index in [1.165, 1.54) is 25.1 Å². The van der Waals surface area contributed by atoms with Crippen LogP contribution in [0.4, 0.5) is 80.5 Å². The molecule has 0 aliphatic rings. The number of ether oxygens (including phenoxy) is 1. The number of alkyl halides is 17. The quantitative estimate of drug-likeness (QED) is 0.206. The molecule has 0 saturated heterocycles. The van der Waals surface area contributed by atoms with Crippen molar-refractivity contribution in [3.63, 3.8) is 0 Å². The number of hydrogen-bond donors (Lipinski definition) is 1. The highest BCUT2D eigenvalue weighted by Gasteiger charge is 2.95. The van der Waals surface area contributed by atoms with Crippen molar-refractivity contribution >= 4 is 17.7 Å². The summed E-state index contributed by atoms with van der Waals surface area (Å²) in [6.45, 7) is 0.684. The summed E-state index contributed by atoms with van der Waals surface area (Å²) in [7, 11) is 0. The number of carbonyl (C=O) groups is 2. The van der Waals surface area contributed by atoms with Gasteiger partial charge in [-0.3, -0.25) is 4.79 Å². The Morgan fingerprint density at radius 3 is 1.57 bits per heavy atom. The van der Waals surface area contributed by atoms with Crippen molar-refractivity contribution in [2.45, 2.75) is 54.6 Å². The molecule has 2 aromatic rings. The fraction of sp³-hybridized carbons (Fsp3) is 0.476. The SMILES string of the molecule is CCOC(=O)c1cnn(-c2ccccc2)c1NC(=O)C(F)(F)C(F)(F)C(F)(F)C(F)(F)C(F)(F)C(F)(F)C(F)(F)C(F)(F)F. The Bertz CT molecular complexity index is 1370. The molecule has 1 heterocycles. The molecule has 1 aromatic carbocycles. The Kier molecular flexibility index (Phi) is 9.06. The van der Waals surface area contributed by atoms with E-state index in [0.717, 1.165) is 17.4 Å². The van der Waals surface area contributed by atoms with E-state index < -0.39 is 77.5 Å². The summed E-state index contributed by atoms with van der Waals surface area (Å²) >= 11 is 0. The second kappa shape index (κ2) is 11.0. The Morgan fingerprint density at radius 1 is 0.705 bits per heavy atom. The van der Waals surface area contributed by atoms with Gasteiger partial charge in [0.25, 0.3) is 0 Å². The van der Waals surface area contributed by atoms with Crippen LogP contribution < -0.4 is 5.32 Å². The Labute approximate surface area is 231 Å². The highest BCUT2D eigenvalue weighted by atomic mass is 19.4. The van der Waals surface area contributed by atoms with Crippen molar-refractivity contribution in [1.82, 2.24) is 9.78 Å². The van der Waals surface area contributed by atoms with Gasteiger partial charge in [0.15, 0.2) is 5.82 Å². The van der Waals surface area contributed by atoms with Crippen LogP contribution in [-0.2, 0) is 9.53 Å². The minimum atomic E-state index is -8.85. The van der Waals surface area contributed by atoms with Crippen molar-refractivity contribution in [1.29, 1.82) is 0 Å². The molecule has 44 heavy (non-hydrogen) atoms. The largest absolute Gasteiger partial charge is 0.462 e. The van der Waals surface area contributed by atoms with E-state index >= 15 is 0 Å². The lowest BCUT2D eigenvalue weighted by atomic mass is 9.89. The predicted molar refractivity (Wildman–Crippen MR) is 109 cm³/mol. The Hall–Kier alpha value is -3.82. The van der Waals surface area contributed by atoms with Crippen LogP contribution in [-0.4, -0.2) is 75.9 Å². The van der Waals surface area contributed by atoms with E-state index in [-0.39, 0.29) is 10.4 Å². The number of para-hydroxylation sites is 1. The molecule has 0 spiro atoms. The lowest BCUT2D eigenvalue weighted by molar-refractivity contribution is -0.459. The van der Waals surface area contributed by atoms with Crippen molar-refractivity contribution in [2.24, 2.45) is 0 Å². The average Bonchev–Trinajstić information content (AvgIpc) is 3.31. The van der Waals surface area contributed by atoms with Gasteiger partial charge in [-0.1, -0.05) is 18.2 Å². The van der Waals surface area contributed by atoms with Gasteiger partial charge in [0, 0.05) is 0 Å². The number of benzene rings is 1.